The van der Waals surface area contributed by atoms with Crippen LogP contribution in [0.3, 0.4) is 0 Å². The second-order valence-electron chi connectivity index (χ2n) is 5.47. The lowest BCUT2D eigenvalue weighted by molar-refractivity contribution is -0.170. The van der Waals surface area contributed by atoms with Crippen LogP contribution in [-0.2, 0) is 11.0 Å². The molecule has 3 rings (SSSR count). The van der Waals surface area contributed by atoms with Crippen molar-refractivity contribution in [3.8, 4) is 0 Å². The molecule has 138 valence electrons. The molecule has 0 saturated heterocycles. The van der Waals surface area contributed by atoms with Crippen molar-refractivity contribution in [2.45, 2.75) is 17.1 Å². The summed E-state index contributed by atoms with van der Waals surface area (Å²) in [7, 11) is -1.21. The number of nitrogens with zero attached hydrogens (tertiary/aromatic N) is 3. The Morgan fingerprint density at radius 3 is 2.50 bits per heavy atom. The van der Waals surface area contributed by atoms with Gasteiger partial charge in [0.1, 0.15) is 22.7 Å². The van der Waals surface area contributed by atoms with E-state index in [2.05, 4.69) is 4.98 Å². The number of halogens is 5. The molecule has 26 heavy (non-hydrogen) atoms. The summed E-state index contributed by atoms with van der Waals surface area (Å²) < 4.78 is 82.0. The average molecular weight is 389 g/mol. The molecule has 4 nitrogen and oxygen atoms in total. The topological polar surface area (TPSA) is 37.6 Å². The largest absolute Gasteiger partial charge is 0.409 e. The highest BCUT2D eigenvalue weighted by atomic mass is 32.2. The van der Waals surface area contributed by atoms with Gasteiger partial charge in [0.2, 0.25) is 0 Å². The zero-order valence-corrected chi connectivity index (χ0v) is 14.1. The summed E-state index contributed by atoms with van der Waals surface area (Å²) >= 11 is 0. The number of aromatic nitrogens is 2. The number of imidazole rings is 1. The fourth-order valence-electron chi connectivity index (χ4n) is 2.55. The van der Waals surface area contributed by atoms with Gasteiger partial charge >= 0.3 is 6.18 Å². The van der Waals surface area contributed by atoms with E-state index in [4.69, 9.17) is 0 Å². The van der Waals surface area contributed by atoms with Crippen LogP contribution in [0.4, 0.5) is 22.0 Å². The highest BCUT2D eigenvalue weighted by molar-refractivity contribution is 7.82. The Morgan fingerprint density at radius 1 is 1.12 bits per heavy atom. The van der Waals surface area contributed by atoms with Crippen LogP contribution >= 0.6 is 0 Å². The first-order valence-electron chi connectivity index (χ1n) is 7.27. The van der Waals surface area contributed by atoms with Crippen LogP contribution in [0.25, 0.3) is 5.65 Å². The van der Waals surface area contributed by atoms with Crippen molar-refractivity contribution >= 4 is 16.6 Å². The first kappa shape index (κ1) is 18.5. The maximum absolute atomic E-state index is 13.6. The SMILES string of the molecule is CN(C(c1ccc(F)c(F)c1)C(F)(F)F)S(=O)c1ccn2ccnc2c1. The third-order valence-corrected chi connectivity index (χ3v) is 5.16. The molecule has 0 radical (unpaired) electrons. The number of hydrogen-bond donors (Lipinski definition) is 0. The van der Waals surface area contributed by atoms with Gasteiger partial charge in [-0.05, 0) is 29.8 Å². The zero-order chi connectivity index (χ0) is 19.1. The predicted molar refractivity (Wildman–Crippen MR) is 84.5 cm³/mol. The molecule has 0 fully saturated rings. The Balaban J connectivity index is 2.00. The van der Waals surface area contributed by atoms with E-state index in [1.165, 1.54) is 24.5 Å². The van der Waals surface area contributed by atoms with E-state index in [1.54, 1.807) is 10.6 Å². The van der Waals surface area contributed by atoms with Crippen molar-refractivity contribution in [3.05, 3.63) is 66.1 Å². The molecule has 2 unspecified atom stereocenters. The van der Waals surface area contributed by atoms with Gasteiger partial charge in [0, 0.05) is 25.6 Å². The number of alkyl halides is 3. The lowest BCUT2D eigenvalue weighted by Gasteiger charge is -2.29. The Labute approximate surface area is 147 Å². The van der Waals surface area contributed by atoms with E-state index < -0.39 is 40.4 Å². The van der Waals surface area contributed by atoms with Crippen molar-refractivity contribution in [2.24, 2.45) is 0 Å². The summed E-state index contributed by atoms with van der Waals surface area (Å²) in [5, 5.41) is 0. The van der Waals surface area contributed by atoms with E-state index in [-0.39, 0.29) is 4.90 Å². The first-order valence-corrected chi connectivity index (χ1v) is 8.38. The van der Waals surface area contributed by atoms with Crippen LogP contribution in [0, 0.1) is 11.6 Å². The standard InChI is InChI=1S/C16H12F5N3OS/c1-23(26(25)11-4-6-24-7-5-22-14(24)9-11)15(16(19,20)21)10-2-3-12(17)13(18)8-10/h2-9,15H,1H3. The molecule has 0 spiro atoms. The number of benzene rings is 1. The van der Waals surface area contributed by atoms with Crippen LogP contribution in [0.1, 0.15) is 11.6 Å². The van der Waals surface area contributed by atoms with Crippen LogP contribution in [0.2, 0.25) is 0 Å². The summed E-state index contributed by atoms with van der Waals surface area (Å²) in [6.45, 7) is 0. The van der Waals surface area contributed by atoms with Crippen molar-refractivity contribution in [1.82, 2.24) is 13.7 Å². The number of hydrogen-bond acceptors (Lipinski definition) is 2. The molecule has 0 bridgehead atoms. The van der Waals surface area contributed by atoms with E-state index in [9.17, 15) is 26.2 Å². The molecule has 2 heterocycles. The van der Waals surface area contributed by atoms with E-state index in [0.29, 0.717) is 22.1 Å². The average Bonchev–Trinajstić information content (AvgIpc) is 3.03. The van der Waals surface area contributed by atoms with Gasteiger partial charge in [-0.15, -0.1) is 0 Å². The minimum absolute atomic E-state index is 0.100. The maximum atomic E-state index is 13.6. The minimum atomic E-state index is -4.86. The number of pyridine rings is 1. The third kappa shape index (κ3) is 3.47. The van der Waals surface area contributed by atoms with Crippen molar-refractivity contribution in [3.63, 3.8) is 0 Å². The molecule has 0 aliphatic carbocycles. The van der Waals surface area contributed by atoms with Gasteiger partial charge in [-0.25, -0.2) is 22.3 Å². The van der Waals surface area contributed by atoms with E-state index in [1.807, 2.05) is 0 Å². The third-order valence-electron chi connectivity index (χ3n) is 3.77. The monoisotopic (exact) mass is 389 g/mol. The summed E-state index contributed by atoms with van der Waals surface area (Å²) in [6.07, 6.45) is -0.216. The predicted octanol–water partition coefficient (Wildman–Crippen LogP) is 3.87. The number of rotatable bonds is 4. The Hall–Kier alpha value is -2.33. The highest BCUT2D eigenvalue weighted by Gasteiger charge is 2.45. The fourth-order valence-corrected chi connectivity index (χ4v) is 3.70. The van der Waals surface area contributed by atoms with Gasteiger partial charge in [-0.1, -0.05) is 6.07 Å². The van der Waals surface area contributed by atoms with Gasteiger partial charge in [0.05, 0.1) is 4.90 Å². The van der Waals surface area contributed by atoms with Gasteiger partial charge < -0.3 is 4.40 Å². The molecule has 0 saturated carbocycles. The Morgan fingerprint density at radius 2 is 1.85 bits per heavy atom. The molecule has 0 aliphatic rings. The lowest BCUT2D eigenvalue weighted by Crippen LogP contribution is -2.37. The van der Waals surface area contributed by atoms with Gasteiger partial charge in [0.15, 0.2) is 11.6 Å². The smallest absolute Gasteiger partial charge is 0.307 e. The summed E-state index contributed by atoms with van der Waals surface area (Å²) in [5.41, 5.74) is -0.130. The van der Waals surface area contributed by atoms with Crippen LogP contribution in [0.15, 0.2) is 53.8 Å². The fraction of sp³-hybridized carbons (Fsp3) is 0.188. The molecule has 0 amide bonds. The van der Waals surface area contributed by atoms with Crippen LogP contribution < -0.4 is 0 Å². The molecule has 3 aromatic rings. The second-order valence-corrected chi connectivity index (χ2v) is 7.01. The van der Waals surface area contributed by atoms with Crippen molar-refractivity contribution < 1.29 is 26.2 Å². The molecule has 1 aromatic carbocycles. The van der Waals surface area contributed by atoms with E-state index >= 15 is 0 Å². The van der Waals surface area contributed by atoms with Crippen LogP contribution in [-0.4, -0.2) is 31.1 Å². The van der Waals surface area contributed by atoms with Crippen LogP contribution in [0.5, 0.6) is 0 Å². The Kier molecular flexibility index (Phi) is 4.80. The summed E-state index contributed by atoms with van der Waals surface area (Å²) in [4.78, 5) is 4.09. The molecular weight excluding hydrogens is 377 g/mol. The number of fused-ring (bicyclic) bond motifs is 1. The summed E-state index contributed by atoms with van der Waals surface area (Å²) in [6, 6.07) is 2.30. The van der Waals surface area contributed by atoms with Gasteiger partial charge in [0.25, 0.3) is 0 Å². The molecule has 2 aromatic heterocycles. The lowest BCUT2D eigenvalue weighted by atomic mass is 10.1. The van der Waals surface area contributed by atoms with Crippen molar-refractivity contribution in [1.29, 1.82) is 0 Å². The maximum Gasteiger partial charge on any atom is 0.409 e. The first-order chi connectivity index (χ1) is 12.2. The zero-order valence-electron chi connectivity index (χ0n) is 13.2. The quantitative estimate of drug-likeness (QED) is 0.636. The molecule has 2 atom stereocenters. The molecule has 10 heteroatoms. The van der Waals surface area contributed by atoms with Gasteiger partial charge in [-0.3, -0.25) is 0 Å². The molecular formula is C16H12F5N3OS. The molecule has 0 aliphatic heterocycles. The van der Waals surface area contributed by atoms with Gasteiger partial charge in [-0.2, -0.15) is 13.2 Å². The minimum Gasteiger partial charge on any atom is -0.307 e. The molecule has 0 N–H and O–H groups in total. The highest BCUT2D eigenvalue weighted by Crippen LogP contribution is 2.39. The Bertz CT molecular complexity index is 972. The summed E-state index contributed by atoms with van der Waals surface area (Å²) in [5.74, 6) is -2.67. The van der Waals surface area contributed by atoms with E-state index in [0.717, 1.165) is 13.1 Å². The van der Waals surface area contributed by atoms with Crippen molar-refractivity contribution in [2.75, 3.05) is 7.05 Å². The normalized spacial score (nSPS) is 14.7. The second kappa shape index (κ2) is 6.76.